The molecule has 0 aliphatic carbocycles. The summed E-state index contributed by atoms with van der Waals surface area (Å²) >= 11 is 0. The van der Waals surface area contributed by atoms with Crippen molar-refractivity contribution in [2.45, 2.75) is 6.04 Å². The minimum Gasteiger partial charge on any atom is -0.336 e. The van der Waals surface area contributed by atoms with E-state index in [1.165, 1.54) is 0 Å². The standard InChI is InChI=1S/C11H11N3O3/c15-9(7-4-2-1-3-5-7)11(17)13-8-6-12-14-10(8)16/h1-5,8,12H,6H2,(H,13,17)(H,14,16). The van der Waals surface area contributed by atoms with Crippen molar-refractivity contribution in [1.29, 1.82) is 0 Å². The Morgan fingerprint density at radius 3 is 2.53 bits per heavy atom. The van der Waals surface area contributed by atoms with Gasteiger partial charge in [0.15, 0.2) is 0 Å². The molecule has 1 heterocycles. The zero-order chi connectivity index (χ0) is 12.3. The number of ketones is 1. The van der Waals surface area contributed by atoms with Crippen LogP contribution in [-0.2, 0) is 9.59 Å². The number of benzene rings is 1. The van der Waals surface area contributed by atoms with Crippen molar-refractivity contribution >= 4 is 17.6 Å². The molecule has 17 heavy (non-hydrogen) atoms. The second-order valence-corrected chi connectivity index (χ2v) is 3.59. The third-order valence-corrected chi connectivity index (χ3v) is 2.38. The van der Waals surface area contributed by atoms with Crippen LogP contribution >= 0.6 is 0 Å². The van der Waals surface area contributed by atoms with Gasteiger partial charge in [-0.25, -0.2) is 5.43 Å². The Morgan fingerprint density at radius 2 is 1.94 bits per heavy atom. The second kappa shape index (κ2) is 4.75. The molecule has 1 aromatic carbocycles. The number of carbonyl (C=O) groups is 3. The highest BCUT2D eigenvalue weighted by Crippen LogP contribution is 2.00. The summed E-state index contributed by atoms with van der Waals surface area (Å²) in [5, 5.41) is 2.36. The van der Waals surface area contributed by atoms with Crippen molar-refractivity contribution in [2.75, 3.05) is 6.54 Å². The maximum Gasteiger partial charge on any atom is 0.293 e. The molecule has 0 saturated carbocycles. The van der Waals surface area contributed by atoms with Crippen molar-refractivity contribution in [2.24, 2.45) is 0 Å². The van der Waals surface area contributed by atoms with E-state index in [4.69, 9.17) is 0 Å². The van der Waals surface area contributed by atoms with Crippen LogP contribution < -0.4 is 16.2 Å². The van der Waals surface area contributed by atoms with Gasteiger partial charge in [-0.3, -0.25) is 19.8 Å². The fourth-order valence-electron chi connectivity index (χ4n) is 1.48. The first-order valence-corrected chi connectivity index (χ1v) is 5.11. The summed E-state index contributed by atoms with van der Waals surface area (Å²) in [6, 6.07) is 7.50. The Morgan fingerprint density at radius 1 is 1.24 bits per heavy atom. The molecular formula is C11H11N3O3. The molecule has 1 unspecified atom stereocenters. The van der Waals surface area contributed by atoms with Gasteiger partial charge >= 0.3 is 0 Å². The fourth-order valence-corrected chi connectivity index (χ4v) is 1.48. The number of amides is 2. The molecule has 1 saturated heterocycles. The number of hydrazine groups is 1. The van der Waals surface area contributed by atoms with E-state index < -0.39 is 17.7 Å². The van der Waals surface area contributed by atoms with Gasteiger partial charge in [-0.05, 0) is 0 Å². The Hall–Kier alpha value is -2.21. The van der Waals surface area contributed by atoms with Crippen molar-refractivity contribution in [3.8, 4) is 0 Å². The molecule has 88 valence electrons. The molecule has 1 fully saturated rings. The normalized spacial score (nSPS) is 18.6. The lowest BCUT2D eigenvalue weighted by molar-refractivity contribution is -0.125. The van der Waals surface area contributed by atoms with E-state index in [1.54, 1.807) is 30.3 Å². The lowest BCUT2D eigenvalue weighted by Gasteiger charge is -2.07. The smallest absolute Gasteiger partial charge is 0.293 e. The summed E-state index contributed by atoms with van der Waals surface area (Å²) in [7, 11) is 0. The van der Waals surface area contributed by atoms with Crippen LogP contribution in [0, 0.1) is 0 Å². The minimum absolute atomic E-state index is 0.270. The van der Waals surface area contributed by atoms with E-state index in [-0.39, 0.29) is 12.5 Å². The van der Waals surface area contributed by atoms with Crippen molar-refractivity contribution in [3.63, 3.8) is 0 Å². The third-order valence-electron chi connectivity index (χ3n) is 2.38. The first-order chi connectivity index (χ1) is 8.18. The lowest BCUT2D eigenvalue weighted by atomic mass is 10.1. The first kappa shape index (κ1) is 11.3. The number of carbonyl (C=O) groups excluding carboxylic acids is 3. The molecule has 1 aromatic rings. The predicted octanol–water partition coefficient (Wildman–Crippen LogP) is -1.01. The number of hydrogen-bond donors (Lipinski definition) is 3. The Kier molecular flexibility index (Phi) is 3.15. The predicted molar refractivity (Wildman–Crippen MR) is 58.8 cm³/mol. The number of hydrogen-bond acceptors (Lipinski definition) is 4. The Bertz CT molecular complexity index is 458. The van der Waals surface area contributed by atoms with Crippen LogP contribution in [0.3, 0.4) is 0 Å². The summed E-state index contributed by atoms with van der Waals surface area (Å²) in [6.45, 7) is 0.270. The maximum atomic E-state index is 11.7. The molecule has 0 aromatic heterocycles. The van der Waals surface area contributed by atoms with E-state index in [0.717, 1.165) is 0 Å². The van der Waals surface area contributed by atoms with Crippen molar-refractivity contribution in [3.05, 3.63) is 35.9 Å². The number of rotatable bonds is 3. The Balaban J connectivity index is 2.01. The molecule has 2 amide bonds. The summed E-state index contributed by atoms with van der Waals surface area (Å²) in [5.74, 6) is -1.77. The van der Waals surface area contributed by atoms with Gasteiger partial charge in [0.05, 0.1) is 0 Å². The zero-order valence-electron chi connectivity index (χ0n) is 8.90. The van der Waals surface area contributed by atoms with Crippen LogP contribution in [0.25, 0.3) is 0 Å². The van der Waals surface area contributed by atoms with Gasteiger partial charge in [-0.1, -0.05) is 30.3 Å². The average molecular weight is 233 g/mol. The summed E-state index contributed by atoms with van der Waals surface area (Å²) < 4.78 is 0. The zero-order valence-corrected chi connectivity index (χ0v) is 8.90. The molecule has 0 radical (unpaired) electrons. The first-order valence-electron chi connectivity index (χ1n) is 5.11. The van der Waals surface area contributed by atoms with Crippen LogP contribution in [0.1, 0.15) is 10.4 Å². The Labute approximate surface area is 97.4 Å². The van der Waals surface area contributed by atoms with Gasteiger partial charge in [0.25, 0.3) is 11.8 Å². The summed E-state index contributed by atoms with van der Waals surface area (Å²) in [4.78, 5) is 34.4. The SMILES string of the molecule is O=C(NC1CNNC1=O)C(=O)c1ccccc1. The fraction of sp³-hybridized carbons (Fsp3) is 0.182. The van der Waals surface area contributed by atoms with Gasteiger partial charge in [0, 0.05) is 12.1 Å². The van der Waals surface area contributed by atoms with Crippen molar-refractivity contribution in [1.82, 2.24) is 16.2 Å². The van der Waals surface area contributed by atoms with Crippen LogP contribution in [0.5, 0.6) is 0 Å². The van der Waals surface area contributed by atoms with Crippen molar-refractivity contribution < 1.29 is 14.4 Å². The van der Waals surface area contributed by atoms with E-state index in [2.05, 4.69) is 16.2 Å². The second-order valence-electron chi connectivity index (χ2n) is 3.59. The molecule has 2 rings (SSSR count). The number of nitrogens with one attached hydrogen (secondary N) is 3. The molecule has 6 heteroatoms. The average Bonchev–Trinajstić information content (AvgIpc) is 2.75. The van der Waals surface area contributed by atoms with Crippen LogP contribution in [-0.4, -0.2) is 30.2 Å². The van der Waals surface area contributed by atoms with Gasteiger partial charge in [-0.15, -0.1) is 0 Å². The quantitative estimate of drug-likeness (QED) is 0.461. The van der Waals surface area contributed by atoms with E-state index in [1.807, 2.05) is 0 Å². The number of Topliss-reactive ketones (excluding diaryl/α,β-unsaturated/α-hetero) is 1. The van der Waals surface area contributed by atoms with E-state index in [9.17, 15) is 14.4 Å². The molecule has 6 nitrogen and oxygen atoms in total. The monoisotopic (exact) mass is 233 g/mol. The maximum absolute atomic E-state index is 11.7. The molecule has 1 aliphatic rings. The third kappa shape index (κ3) is 2.48. The molecule has 3 N–H and O–H groups in total. The van der Waals surface area contributed by atoms with Gasteiger partial charge in [0.2, 0.25) is 5.78 Å². The molecular weight excluding hydrogens is 222 g/mol. The highest BCUT2D eigenvalue weighted by Gasteiger charge is 2.28. The highest BCUT2D eigenvalue weighted by atomic mass is 16.2. The topological polar surface area (TPSA) is 87.3 Å². The van der Waals surface area contributed by atoms with Crippen LogP contribution in [0.4, 0.5) is 0 Å². The van der Waals surface area contributed by atoms with Gasteiger partial charge < -0.3 is 5.32 Å². The largest absolute Gasteiger partial charge is 0.336 e. The summed E-state index contributed by atoms with van der Waals surface area (Å²) in [6.07, 6.45) is 0. The van der Waals surface area contributed by atoms with E-state index >= 15 is 0 Å². The molecule has 0 bridgehead atoms. The van der Waals surface area contributed by atoms with Gasteiger partial charge in [0.1, 0.15) is 6.04 Å². The minimum atomic E-state index is -0.778. The molecule has 0 spiro atoms. The lowest BCUT2D eigenvalue weighted by Crippen LogP contribution is -2.44. The van der Waals surface area contributed by atoms with Crippen LogP contribution in [0.2, 0.25) is 0 Å². The van der Waals surface area contributed by atoms with Crippen LogP contribution in [0.15, 0.2) is 30.3 Å². The molecule has 1 atom stereocenters. The molecule has 1 aliphatic heterocycles. The van der Waals surface area contributed by atoms with Gasteiger partial charge in [-0.2, -0.15) is 0 Å². The summed E-state index contributed by atoms with van der Waals surface area (Å²) in [5.41, 5.74) is 5.22. The highest BCUT2D eigenvalue weighted by molar-refractivity contribution is 6.43. The van der Waals surface area contributed by atoms with E-state index in [0.29, 0.717) is 5.56 Å².